The molecule has 240 valence electrons. The van der Waals surface area contributed by atoms with Crippen molar-refractivity contribution in [1.82, 2.24) is 26.6 Å². The molecule has 0 aliphatic rings. The SMILES string of the molecule is C=CC(CCC(C=C)O[Si](CCCNCCNCc1ccccc1)(OC)OC)NCCCNCCNCc1ccccc1. The van der Waals surface area contributed by atoms with Gasteiger partial charge in [-0.1, -0.05) is 72.8 Å². The lowest BCUT2D eigenvalue weighted by Crippen LogP contribution is -2.47. The third-order valence-electron chi connectivity index (χ3n) is 7.34. The number of nitrogens with one attached hydrogen (secondary N) is 5. The van der Waals surface area contributed by atoms with Gasteiger partial charge in [-0.05, 0) is 56.4 Å². The van der Waals surface area contributed by atoms with Crippen LogP contribution >= 0.6 is 0 Å². The normalized spacial score (nSPS) is 13.1. The summed E-state index contributed by atoms with van der Waals surface area (Å²) in [5.74, 6) is 0. The van der Waals surface area contributed by atoms with Crippen molar-refractivity contribution < 1.29 is 13.3 Å². The lowest BCUT2D eigenvalue weighted by atomic mass is 10.1. The van der Waals surface area contributed by atoms with Gasteiger partial charge in [0, 0.05) is 65.6 Å². The minimum Gasteiger partial charge on any atom is -0.377 e. The highest BCUT2D eigenvalue weighted by molar-refractivity contribution is 6.60. The zero-order chi connectivity index (χ0) is 30.9. The Morgan fingerprint density at radius 1 is 0.651 bits per heavy atom. The summed E-state index contributed by atoms with van der Waals surface area (Å²) in [5, 5.41) is 17.6. The van der Waals surface area contributed by atoms with E-state index in [4.69, 9.17) is 13.3 Å². The van der Waals surface area contributed by atoms with E-state index in [0.717, 1.165) is 90.6 Å². The molecule has 43 heavy (non-hydrogen) atoms. The average Bonchev–Trinajstić information content (AvgIpc) is 3.06. The second-order valence-electron chi connectivity index (χ2n) is 10.6. The van der Waals surface area contributed by atoms with Gasteiger partial charge in [-0.15, -0.1) is 13.2 Å². The fourth-order valence-electron chi connectivity index (χ4n) is 4.74. The molecular formula is C34H57N5O3Si. The lowest BCUT2D eigenvalue weighted by Gasteiger charge is -2.30. The van der Waals surface area contributed by atoms with Crippen LogP contribution in [0.15, 0.2) is 86.0 Å². The molecule has 0 heterocycles. The molecule has 8 nitrogen and oxygen atoms in total. The van der Waals surface area contributed by atoms with Gasteiger partial charge in [-0.2, -0.15) is 0 Å². The number of benzene rings is 2. The van der Waals surface area contributed by atoms with E-state index in [1.165, 1.54) is 11.1 Å². The minimum absolute atomic E-state index is 0.129. The lowest BCUT2D eigenvalue weighted by molar-refractivity contribution is 0.0685. The molecule has 0 amide bonds. The van der Waals surface area contributed by atoms with Crippen molar-refractivity contribution in [2.45, 2.75) is 57.0 Å². The molecule has 2 aromatic rings. The van der Waals surface area contributed by atoms with Gasteiger partial charge in [0.25, 0.3) is 0 Å². The summed E-state index contributed by atoms with van der Waals surface area (Å²) in [5.41, 5.74) is 2.62. The second-order valence-corrected chi connectivity index (χ2v) is 13.6. The minimum atomic E-state index is -2.79. The van der Waals surface area contributed by atoms with Crippen molar-refractivity contribution in [2.24, 2.45) is 0 Å². The predicted molar refractivity (Wildman–Crippen MR) is 182 cm³/mol. The predicted octanol–water partition coefficient (Wildman–Crippen LogP) is 4.25. The van der Waals surface area contributed by atoms with E-state index < -0.39 is 8.80 Å². The highest BCUT2D eigenvalue weighted by atomic mass is 28.4. The number of hydrogen-bond acceptors (Lipinski definition) is 8. The van der Waals surface area contributed by atoms with E-state index in [9.17, 15) is 0 Å². The van der Waals surface area contributed by atoms with Crippen molar-refractivity contribution in [2.75, 3.05) is 60.0 Å². The van der Waals surface area contributed by atoms with Gasteiger partial charge in [-0.3, -0.25) is 0 Å². The molecule has 5 N–H and O–H groups in total. The summed E-state index contributed by atoms with van der Waals surface area (Å²) >= 11 is 0. The maximum Gasteiger partial charge on any atom is 0.500 e. The Morgan fingerprint density at radius 3 is 1.70 bits per heavy atom. The van der Waals surface area contributed by atoms with E-state index in [0.29, 0.717) is 0 Å². The van der Waals surface area contributed by atoms with E-state index in [2.05, 4.69) is 88.3 Å². The third-order valence-corrected chi connectivity index (χ3v) is 10.2. The first-order valence-electron chi connectivity index (χ1n) is 15.8. The first-order valence-corrected chi connectivity index (χ1v) is 17.7. The molecule has 0 radical (unpaired) electrons. The molecule has 2 aromatic carbocycles. The summed E-state index contributed by atoms with van der Waals surface area (Å²) in [6.45, 7) is 16.4. The topological polar surface area (TPSA) is 87.8 Å². The van der Waals surface area contributed by atoms with Gasteiger partial charge in [0.05, 0.1) is 6.10 Å². The van der Waals surface area contributed by atoms with Crippen molar-refractivity contribution >= 4 is 8.80 Å². The first kappa shape index (κ1) is 37.0. The molecule has 9 heteroatoms. The molecule has 2 atom stereocenters. The maximum atomic E-state index is 6.45. The van der Waals surface area contributed by atoms with Crippen LogP contribution in [0, 0.1) is 0 Å². The fourth-order valence-corrected chi connectivity index (χ4v) is 6.91. The highest BCUT2D eigenvalue weighted by Gasteiger charge is 2.40. The molecular weight excluding hydrogens is 554 g/mol. The summed E-state index contributed by atoms with van der Waals surface area (Å²) in [4.78, 5) is 0. The molecule has 0 aliphatic heterocycles. The van der Waals surface area contributed by atoms with Crippen LogP contribution in [0.4, 0.5) is 0 Å². The molecule has 0 aromatic heterocycles. The monoisotopic (exact) mass is 611 g/mol. The number of rotatable bonds is 28. The summed E-state index contributed by atoms with van der Waals surface area (Å²) < 4.78 is 18.2. The van der Waals surface area contributed by atoms with Crippen LogP contribution < -0.4 is 26.6 Å². The molecule has 0 saturated heterocycles. The zero-order valence-electron chi connectivity index (χ0n) is 26.6. The van der Waals surface area contributed by atoms with Gasteiger partial charge >= 0.3 is 8.80 Å². The van der Waals surface area contributed by atoms with Gasteiger partial charge in [0.15, 0.2) is 0 Å². The largest absolute Gasteiger partial charge is 0.500 e. The Labute approximate surface area is 262 Å². The highest BCUT2D eigenvalue weighted by Crippen LogP contribution is 2.21. The quantitative estimate of drug-likeness (QED) is 0.0555. The molecule has 0 spiro atoms. The van der Waals surface area contributed by atoms with Crippen LogP contribution in [-0.2, 0) is 26.4 Å². The molecule has 2 unspecified atom stereocenters. The Hall–Kier alpha value is -2.18. The fraction of sp³-hybridized carbons (Fsp3) is 0.529. The van der Waals surface area contributed by atoms with Gasteiger partial charge < -0.3 is 39.9 Å². The standard InChI is InChI=1S/C34H57N5O3Si/c1-5-33(39-23-13-21-35-24-26-37-29-31-15-9-7-10-16-31)19-20-34(6-2)42-43(40-3,41-4)28-14-22-36-25-27-38-30-32-17-11-8-12-18-32/h5-12,15-18,33-39H,1-2,13-14,19-30H2,3-4H3. The van der Waals surface area contributed by atoms with E-state index in [1.807, 2.05) is 24.3 Å². The van der Waals surface area contributed by atoms with Crippen molar-refractivity contribution in [3.63, 3.8) is 0 Å². The summed E-state index contributed by atoms with van der Waals surface area (Å²) in [7, 11) is 0.600. The summed E-state index contributed by atoms with van der Waals surface area (Å²) in [6, 6.07) is 21.9. The van der Waals surface area contributed by atoms with Crippen molar-refractivity contribution in [1.29, 1.82) is 0 Å². The van der Waals surface area contributed by atoms with Crippen LogP contribution in [0.3, 0.4) is 0 Å². The number of hydrogen-bond donors (Lipinski definition) is 5. The van der Waals surface area contributed by atoms with E-state index in [1.54, 1.807) is 14.2 Å². The zero-order valence-corrected chi connectivity index (χ0v) is 27.6. The van der Waals surface area contributed by atoms with Gasteiger partial charge in [0.2, 0.25) is 0 Å². The van der Waals surface area contributed by atoms with Crippen molar-refractivity contribution in [3.8, 4) is 0 Å². The smallest absolute Gasteiger partial charge is 0.377 e. The van der Waals surface area contributed by atoms with Crippen LogP contribution in [-0.4, -0.2) is 81.0 Å². The molecule has 0 fully saturated rings. The Balaban J connectivity index is 1.55. The van der Waals surface area contributed by atoms with Gasteiger partial charge in [-0.25, -0.2) is 0 Å². The molecule has 0 bridgehead atoms. The van der Waals surface area contributed by atoms with Crippen LogP contribution in [0.5, 0.6) is 0 Å². The van der Waals surface area contributed by atoms with Gasteiger partial charge in [0.1, 0.15) is 0 Å². The Morgan fingerprint density at radius 2 is 1.19 bits per heavy atom. The molecule has 0 saturated carbocycles. The molecule has 0 aliphatic carbocycles. The van der Waals surface area contributed by atoms with Crippen LogP contribution in [0.25, 0.3) is 0 Å². The van der Waals surface area contributed by atoms with Crippen molar-refractivity contribution in [3.05, 3.63) is 97.1 Å². The Bertz CT molecular complexity index is 950. The van der Waals surface area contributed by atoms with E-state index in [-0.39, 0.29) is 12.1 Å². The second kappa shape index (κ2) is 24.2. The molecule has 2 rings (SSSR count). The Kier molecular flexibility index (Phi) is 20.8. The summed E-state index contributed by atoms with van der Waals surface area (Å²) in [6.07, 6.45) is 7.44. The van der Waals surface area contributed by atoms with Crippen LogP contribution in [0.2, 0.25) is 6.04 Å². The average molecular weight is 612 g/mol. The van der Waals surface area contributed by atoms with Crippen LogP contribution in [0.1, 0.15) is 36.8 Å². The third kappa shape index (κ3) is 17.0. The first-order chi connectivity index (χ1) is 21.1. The van der Waals surface area contributed by atoms with E-state index >= 15 is 0 Å². The maximum absolute atomic E-state index is 6.45.